The number of hydrogen-bond acceptors (Lipinski definition) is 4. The molecule has 0 aliphatic rings. The van der Waals surface area contributed by atoms with Crippen LogP contribution in [0.25, 0.3) is 6.08 Å². The van der Waals surface area contributed by atoms with Crippen LogP contribution in [0.15, 0.2) is 34.8 Å². The maximum Gasteiger partial charge on any atom is 0.331 e. The first-order valence-corrected chi connectivity index (χ1v) is 8.88. The van der Waals surface area contributed by atoms with Gasteiger partial charge < -0.3 is 9.72 Å². The molecule has 0 spiro atoms. The quantitative estimate of drug-likeness (QED) is 0.428. The largest absolute Gasteiger partial charge is 0.451 e. The van der Waals surface area contributed by atoms with E-state index >= 15 is 0 Å². The van der Waals surface area contributed by atoms with Crippen molar-refractivity contribution >= 4 is 39.5 Å². The van der Waals surface area contributed by atoms with Crippen molar-refractivity contribution in [3.63, 3.8) is 0 Å². The molecule has 1 atom stereocenters. The number of aryl methyl sites for hydroxylation is 1. The second kappa shape index (κ2) is 8.27. The van der Waals surface area contributed by atoms with E-state index in [1.54, 1.807) is 19.9 Å². The zero-order valence-electron chi connectivity index (χ0n) is 15.1. The summed E-state index contributed by atoms with van der Waals surface area (Å²) >= 11 is 3.34. The number of aromatic amines is 1. The van der Waals surface area contributed by atoms with Gasteiger partial charge in [-0.05, 0) is 57.0 Å². The van der Waals surface area contributed by atoms with Crippen LogP contribution in [0.3, 0.4) is 0 Å². The predicted octanol–water partition coefficient (Wildman–Crippen LogP) is 4.42. The number of esters is 1. The van der Waals surface area contributed by atoms with E-state index in [0.717, 1.165) is 10.0 Å². The smallest absolute Gasteiger partial charge is 0.331 e. The molecule has 136 valence electrons. The van der Waals surface area contributed by atoms with E-state index in [-0.39, 0.29) is 11.6 Å². The van der Waals surface area contributed by atoms with Gasteiger partial charge in [0.2, 0.25) is 5.78 Å². The van der Waals surface area contributed by atoms with E-state index in [4.69, 9.17) is 4.74 Å². The molecule has 1 aromatic carbocycles. The molecule has 1 heterocycles. The lowest BCUT2D eigenvalue weighted by molar-refractivity contribution is -0.140. The minimum Gasteiger partial charge on any atom is -0.451 e. The molecule has 0 aliphatic carbocycles. The summed E-state index contributed by atoms with van der Waals surface area (Å²) in [4.78, 5) is 39.1. The van der Waals surface area contributed by atoms with Crippen molar-refractivity contribution in [2.75, 3.05) is 0 Å². The minimum absolute atomic E-state index is 0.114. The number of Topliss-reactive ketones (excluding diaryl/α,β-unsaturated/α-hetero) is 2. The summed E-state index contributed by atoms with van der Waals surface area (Å²) in [5.74, 6) is -1.10. The van der Waals surface area contributed by atoms with E-state index in [2.05, 4.69) is 20.9 Å². The van der Waals surface area contributed by atoms with Crippen LogP contribution in [-0.2, 0) is 9.53 Å². The number of carbonyl (C=O) groups excluding carboxylic acids is 3. The Morgan fingerprint density at radius 2 is 1.77 bits per heavy atom. The summed E-state index contributed by atoms with van der Waals surface area (Å²) < 4.78 is 6.13. The standard InChI is InChI=1S/C20H20BrNO4/c1-11-18(13(3)23)12(2)22-19(11)20(25)14(4)26-17(24)10-7-15-5-8-16(21)9-6-15/h5-10,14,22H,1-4H3/b10-7+/t14-/m1/s1. The van der Waals surface area contributed by atoms with Gasteiger partial charge in [0.25, 0.3) is 0 Å². The molecule has 0 bridgehead atoms. The van der Waals surface area contributed by atoms with Crippen LogP contribution in [0.5, 0.6) is 0 Å². The lowest BCUT2D eigenvalue weighted by atomic mass is 10.0. The molecule has 0 amide bonds. The molecule has 2 aromatic rings. The highest BCUT2D eigenvalue weighted by molar-refractivity contribution is 9.10. The van der Waals surface area contributed by atoms with Crippen LogP contribution in [-0.4, -0.2) is 28.6 Å². The second-order valence-electron chi connectivity index (χ2n) is 6.01. The molecule has 0 unspecified atom stereocenters. The number of ether oxygens (including phenoxy) is 1. The number of H-pyrrole nitrogens is 1. The van der Waals surface area contributed by atoms with Crippen molar-refractivity contribution in [3.8, 4) is 0 Å². The Morgan fingerprint density at radius 3 is 2.31 bits per heavy atom. The zero-order chi connectivity index (χ0) is 19.4. The average Bonchev–Trinajstić information content (AvgIpc) is 2.88. The molecule has 26 heavy (non-hydrogen) atoms. The van der Waals surface area contributed by atoms with Crippen molar-refractivity contribution in [3.05, 3.63) is 62.9 Å². The summed E-state index contributed by atoms with van der Waals surface area (Å²) in [6.45, 7) is 6.40. The lowest BCUT2D eigenvalue weighted by Crippen LogP contribution is -2.24. The monoisotopic (exact) mass is 417 g/mol. The summed E-state index contributed by atoms with van der Waals surface area (Å²) in [6, 6.07) is 7.41. The fourth-order valence-corrected chi connectivity index (χ4v) is 3.00. The van der Waals surface area contributed by atoms with Gasteiger partial charge >= 0.3 is 5.97 Å². The molecule has 0 saturated carbocycles. The Labute approximate surface area is 160 Å². The summed E-state index contributed by atoms with van der Waals surface area (Å²) in [5, 5.41) is 0. The number of ketones is 2. The first-order chi connectivity index (χ1) is 12.2. The Hall–Kier alpha value is -2.47. The van der Waals surface area contributed by atoms with Crippen molar-refractivity contribution in [2.24, 2.45) is 0 Å². The van der Waals surface area contributed by atoms with Gasteiger partial charge in [-0.1, -0.05) is 28.1 Å². The van der Waals surface area contributed by atoms with Crippen molar-refractivity contribution < 1.29 is 19.1 Å². The number of benzene rings is 1. The van der Waals surface area contributed by atoms with E-state index in [0.29, 0.717) is 22.5 Å². The number of hydrogen-bond donors (Lipinski definition) is 1. The van der Waals surface area contributed by atoms with Crippen LogP contribution in [0, 0.1) is 13.8 Å². The molecule has 6 heteroatoms. The fraction of sp³-hybridized carbons (Fsp3) is 0.250. The highest BCUT2D eigenvalue weighted by atomic mass is 79.9. The Balaban J connectivity index is 2.07. The van der Waals surface area contributed by atoms with Gasteiger partial charge in [0.1, 0.15) is 0 Å². The molecule has 5 nitrogen and oxygen atoms in total. The predicted molar refractivity (Wildman–Crippen MR) is 103 cm³/mol. The molecule has 1 N–H and O–H groups in total. The van der Waals surface area contributed by atoms with Gasteiger partial charge in [-0.2, -0.15) is 0 Å². The molecule has 0 saturated heterocycles. The molecule has 2 rings (SSSR count). The van der Waals surface area contributed by atoms with Gasteiger partial charge in [0.05, 0.1) is 5.69 Å². The van der Waals surface area contributed by atoms with Gasteiger partial charge in [0, 0.05) is 21.8 Å². The highest BCUT2D eigenvalue weighted by Gasteiger charge is 2.25. The first kappa shape index (κ1) is 19.8. The topological polar surface area (TPSA) is 76.2 Å². The zero-order valence-corrected chi connectivity index (χ0v) is 16.6. The Kier molecular flexibility index (Phi) is 6.32. The number of carbonyl (C=O) groups is 3. The molecule has 0 radical (unpaired) electrons. The second-order valence-corrected chi connectivity index (χ2v) is 6.93. The van der Waals surface area contributed by atoms with Gasteiger partial charge in [-0.15, -0.1) is 0 Å². The number of rotatable bonds is 6. The maximum atomic E-state index is 12.6. The van der Waals surface area contributed by atoms with Gasteiger partial charge in [0.15, 0.2) is 11.9 Å². The van der Waals surface area contributed by atoms with Gasteiger partial charge in [-0.3, -0.25) is 9.59 Å². The van der Waals surface area contributed by atoms with Crippen LogP contribution >= 0.6 is 15.9 Å². The third-order valence-corrected chi connectivity index (χ3v) is 4.51. The van der Waals surface area contributed by atoms with Crippen molar-refractivity contribution in [1.29, 1.82) is 0 Å². The van der Waals surface area contributed by atoms with E-state index in [1.165, 1.54) is 19.9 Å². The summed E-state index contributed by atoms with van der Waals surface area (Å²) in [6.07, 6.45) is 1.93. The Morgan fingerprint density at radius 1 is 1.15 bits per heavy atom. The molecular formula is C20H20BrNO4. The maximum absolute atomic E-state index is 12.6. The van der Waals surface area contributed by atoms with Crippen molar-refractivity contribution in [2.45, 2.75) is 33.8 Å². The normalized spacial score (nSPS) is 12.2. The third-order valence-electron chi connectivity index (χ3n) is 3.98. The molecular weight excluding hydrogens is 398 g/mol. The van der Waals surface area contributed by atoms with Crippen LogP contribution in [0.4, 0.5) is 0 Å². The third kappa shape index (κ3) is 4.58. The van der Waals surface area contributed by atoms with Crippen LogP contribution in [0.2, 0.25) is 0 Å². The fourth-order valence-electron chi connectivity index (χ4n) is 2.73. The van der Waals surface area contributed by atoms with Crippen LogP contribution < -0.4 is 0 Å². The first-order valence-electron chi connectivity index (χ1n) is 8.09. The van der Waals surface area contributed by atoms with E-state index < -0.39 is 12.1 Å². The highest BCUT2D eigenvalue weighted by Crippen LogP contribution is 2.20. The number of nitrogens with one attached hydrogen (secondary N) is 1. The number of aromatic nitrogens is 1. The molecule has 1 aromatic heterocycles. The SMILES string of the molecule is CC(=O)c1c(C)[nH]c(C(=O)[C@@H](C)OC(=O)/C=C/c2ccc(Br)cc2)c1C. The number of halogens is 1. The van der Waals surface area contributed by atoms with Crippen molar-refractivity contribution in [1.82, 2.24) is 4.98 Å². The Bertz CT molecular complexity index is 878. The summed E-state index contributed by atoms with van der Waals surface area (Å²) in [7, 11) is 0. The van der Waals surface area contributed by atoms with Gasteiger partial charge in [-0.25, -0.2) is 4.79 Å². The summed E-state index contributed by atoms with van der Waals surface area (Å²) in [5.41, 5.74) is 2.85. The van der Waals surface area contributed by atoms with E-state index in [1.807, 2.05) is 24.3 Å². The average molecular weight is 418 g/mol. The molecule has 0 aliphatic heterocycles. The molecule has 0 fully saturated rings. The lowest BCUT2D eigenvalue weighted by Gasteiger charge is -2.10. The minimum atomic E-state index is -0.964. The van der Waals surface area contributed by atoms with Crippen LogP contribution in [0.1, 0.15) is 51.5 Å². The van der Waals surface area contributed by atoms with E-state index in [9.17, 15) is 14.4 Å².